The van der Waals surface area contributed by atoms with E-state index in [1.54, 1.807) is 12.1 Å². The van der Waals surface area contributed by atoms with Crippen molar-refractivity contribution in [3.63, 3.8) is 0 Å². The maximum atomic E-state index is 13.4. The van der Waals surface area contributed by atoms with Crippen LogP contribution in [0.1, 0.15) is 16.8 Å². The van der Waals surface area contributed by atoms with Crippen LogP contribution < -0.4 is 0 Å². The van der Waals surface area contributed by atoms with Crippen molar-refractivity contribution in [3.05, 3.63) is 35.6 Å². The number of hydrogen-bond donors (Lipinski definition) is 0. The van der Waals surface area contributed by atoms with Crippen molar-refractivity contribution in [2.24, 2.45) is 0 Å². The van der Waals surface area contributed by atoms with Crippen molar-refractivity contribution in [2.75, 3.05) is 31.1 Å². The molecule has 0 saturated carbocycles. The lowest BCUT2D eigenvalue weighted by atomic mass is 10.1. The lowest BCUT2D eigenvalue weighted by Crippen LogP contribution is -2.41. The molecule has 0 aromatic heterocycles. The second kappa shape index (κ2) is 5.79. The van der Waals surface area contributed by atoms with Crippen LogP contribution in [-0.2, 0) is 9.84 Å². The average Bonchev–Trinajstić information content (AvgIpc) is 2.38. The Bertz CT molecular complexity index is 557. The van der Waals surface area contributed by atoms with E-state index in [2.05, 4.69) is 0 Å². The highest BCUT2D eigenvalue weighted by molar-refractivity contribution is 7.91. The quantitative estimate of drug-likeness (QED) is 0.778. The summed E-state index contributed by atoms with van der Waals surface area (Å²) in [4.78, 5) is 13.8. The van der Waals surface area contributed by atoms with Crippen LogP contribution in [0.5, 0.6) is 0 Å². The second-order valence-corrected chi connectivity index (χ2v) is 6.95. The number of carbonyl (C=O) groups is 1. The van der Waals surface area contributed by atoms with Crippen molar-refractivity contribution in [1.29, 1.82) is 0 Å². The van der Waals surface area contributed by atoms with Crippen molar-refractivity contribution < 1.29 is 17.6 Å². The van der Waals surface area contributed by atoms with Crippen molar-refractivity contribution >= 4 is 15.6 Å². The molecule has 1 aromatic rings. The van der Waals surface area contributed by atoms with E-state index in [9.17, 15) is 17.6 Å². The SMILES string of the molecule is O=C(CCN1CCS(=O)(=O)CC1)c1ccccc1F. The molecule has 1 saturated heterocycles. The predicted octanol–water partition coefficient (Wildman–Crippen LogP) is 1.13. The fraction of sp³-hybridized carbons (Fsp3) is 0.462. The Morgan fingerprint density at radius 2 is 1.84 bits per heavy atom. The Morgan fingerprint density at radius 3 is 2.47 bits per heavy atom. The van der Waals surface area contributed by atoms with Gasteiger partial charge in [-0.1, -0.05) is 12.1 Å². The van der Waals surface area contributed by atoms with Crippen LogP contribution in [0.2, 0.25) is 0 Å². The number of rotatable bonds is 4. The molecular formula is C13H16FNO3S. The number of nitrogens with zero attached hydrogens (tertiary/aromatic N) is 1. The number of ketones is 1. The van der Waals surface area contributed by atoms with Gasteiger partial charge in [0.25, 0.3) is 0 Å². The van der Waals surface area contributed by atoms with E-state index in [-0.39, 0.29) is 29.3 Å². The van der Waals surface area contributed by atoms with E-state index in [1.807, 2.05) is 4.90 Å². The molecule has 19 heavy (non-hydrogen) atoms. The molecule has 104 valence electrons. The van der Waals surface area contributed by atoms with Crippen molar-refractivity contribution in [3.8, 4) is 0 Å². The van der Waals surface area contributed by atoms with E-state index in [0.717, 1.165) is 0 Å². The molecule has 0 aliphatic carbocycles. The molecule has 1 heterocycles. The minimum Gasteiger partial charge on any atom is -0.301 e. The standard InChI is InChI=1S/C13H16FNO3S/c14-12-4-2-1-3-11(12)13(16)5-6-15-7-9-19(17,18)10-8-15/h1-4H,5-10H2. The Labute approximate surface area is 112 Å². The van der Waals surface area contributed by atoms with E-state index in [0.29, 0.717) is 19.6 Å². The van der Waals surface area contributed by atoms with E-state index < -0.39 is 15.7 Å². The summed E-state index contributed by atoms with van der Waals surface area (Å²) in [6.45, 7) is 1.38. The molecule has 0 radical (unpaired) electrons. The monoisotopic (exact) mass is 285 g/mol. The van der Waals surface area contributed by atoms with Gasteiger partial charge >= 0.3 is 0 Å². The Kier molecular flexibility index (Phi) is 4.31. The van der Waals surface area contributed by atoms with Gasteiger partial charge in [-0.3, -0.25) is 4.79 Å². The van der Waals surface area contributed by atoms with Gasteiger partial charge in [-0.15, -0.1) is 0 Å². The van der Waals surface area contributed by atoms with E-state index >= 15 is 0 Å². The van der Waals surface area contributed by atoms with Gasteiger partial charge in [0.1, 0.15) is 5.82 Å². The molecule has 1 aliphatic heterocycles. The topological polar surface area (TPSA) is 54.5 Å². The maximum Gasteiger partial charge on any atom is 0.167 e. The van der Waals surface area contributed by atoms with E-state index in [4.69, 9.17) is 0 Å². The fourth-order valence-electron chi connectivity index (χ4n) is 2.06. The highest BCUT2D eigenvalue weighted by atomic mass is 32.2. The number of halogens is 1. The van der Waals surface area contributed by atoms with Crippen molar-refractivity contribution in [1.82, 2.24) is 4.90 Å². The third-order valence-corrected chi connectivity index (χ3v) is 4.88. The first-order chi connectivity index (χ1) is 8.98. The summed E-state index contributed by atoms with van der Waals surface area (Å²) in [7, 11) is -2.90. The highest BCUT2D eigenvalue weighted by Gasteiger charge is 2.22. The molecule has 1 aromatic carbocycles. The normalized spacial score (nSPS) is 19.2. The van der Waals surface area contributed by atoms with Crippen LogP contribution in [0.3, 0.4) is 0 Å². The minimum absolute atomic E-state index is 0.104. The van der Waals surface area contributed by atoms with Gasteiger partial charge < -0.3 is 4.90 Å². The summed E-state index contributed by atoms with van der Waals surface area (Å²) in [6.07, 6.45) is 0.209. The third-order valence-electron chi connectivity index (χ3n) is 3.27. The van der Waals surface area contributed by atoms with Crippen LogP contribution in [0.15, 0.2) is 24.3 Å². The number of carbonyl (C=O) groups excluding carboxylic acids is 1. The molecule has 0 amide bonds. The average molecular weight is 285 g/mol. The summed E-state index contributed by atoms with van der Waals surface area (Å²) in [5.41, 5.74) is 0.104. The van der Waals surface area contributed by atoms with Gasteiger partial charge in [-0.25, -0.2) is 12.8 Å². The molecule has 0 unspecified atom stereocenters. The maximum absolute atomic E-state index is 13.4. The number of sulfone groups is 1. The van der Waals surface area contributed by atoms with Crippen LogP contribution in [0.25, 0.3) is 0 Å². The summed E-state index contributed by atoms with van der Waals surface area (Å²) in [6, 6.07) is 5.91. The minimum atomic E-state index is -2.90. The third kappa shape index (κ3) is 3.84. The molecule has 2 rings (SSSR count). The first-order valence-corrected chi connectivity index (χ1v) is 8.00. The number of benzene rings is 1. The van der Waals surface area contributed by atoms with Crippen molar-refractivity contribution in [2.45, 2.75) is 6.42 Å². The van der Waals surface area contributed by atoms with Crippen LogP contribution in [0, 0.1) is 5.82 Å². The fourth-order valence-corrected chi connectivity index (χ4v) is 3.33. The van der Waals surface area contributed by atoms with Gasteiger partial charge in [-0.2, -0.15) is 0 Å². The number of Topliss-reactive ketones (excluding diaryl/α,β-unsaturated/α-hetero) is 1. The zero-order valence-corrected chi connectivity index (χ0v) is 11.3. The zero-order valence-electron chi connectivity index (χ0n) is 10.5. The zero-order chi connectivity index (χ0) is 13.9. The molecule has 6 heteroatoms. The number of hydrogen-bond acceptors (Lipinski definition) is 4. The molecule has 1 aliphatic rings. The smallest absolute Gasteiger partial charge is 0.167 e. The molecule has 4 nitrogen and oxygen atoms in total. The molecule has 1 fully saturated rings. The van der Waals surface area contributed by atoms with Gasteiger partial charge in [-0.05, 0) is 12.1 Å². The second-order valence-electron chi connectivity index (χ2n) is 4.65. The largest absolute Gasteiger partial charge is 0.301 e. The van der Waals surface area contributed by atoms with Crippen LogP contribution in [0.4, 0.5) is 4.39 Å². The molecule has 0 bridgehead atoms. The Balaban J connectivity index is 1.87. The molecule has 0 N–H and O–H groups in total. The highest BCUT2D eigenvalue weighted by Crippen LogP contribution is 2.11. The summed E-state index contributed by atoms with van der Waals surface area (Å²) < 4.78 is 35.9. The first kappa shape index (κ1) is 14.1. The van der Waals surface area contributed by atoms with Gasteiger partial charge in [0.05, 0.1) is 17.1 Å². The lowest BCUT2D eigenvalue weighted by molar-refractivity contribution is 0.0962. The van der Waals surface area contributed by atoms with E-state index in [1.165, 1.54) is 12.1 Å². The molecule has 0 spiro atoms. The summed E-state index contributed by atoms with van der Waals surface area (Å²) in [5.74, 6) is -0.470. The Hall–Kier alpha value is -1.27. The molecule has 0 atom stereocenters. The van der Waals surface area contributed by atoms with Gasteiger partial charge in [0.15, 0.2) is 15.6 Å². The van der Waals surface area contributed by atoms with Crippen LogP contribution in [-0.4, -0.2) is 50.2 Å². The predicted molar refractivity (Wildman–Crippen MR) is 70.4 cm³/mol. The summed E-state index contributed by atoms with van der Waals surface area (Å²) in [5, 5.41) is 0. The van der Waals surface area contributed by atoms with Gasteiger partial charge in [0, 0.05) is 26.1 Å². The first-order valence-electron chi connectivity index (χ1n) is 6.18. The molecular weight excluding hydrogens is 269 g/mol. The Morgan fingerprint density at radius 1 is 1.21 bits per heavy atom. The lowest BCUT2D eigenvalue weighted by Gasteiger charge is -2.26. The van der Waals surface area contributed by atoms with Crippen LogP contribution >= 0.6 is 0 Å². The summed E-state index contributed by atoms with van der Waals surface area (Å²) >= 11 is 0. The van der Waals surface area contributed by atoms with Gasteiger partial charge in [0.2, 0.25) is 0 Å².